The van der Waals surface area contributed by atoms with Gasteiger partial charge in [-0.1, -0.05) is 17.7 Å². The molecule has 1 aromatic heterocycles. The Kier molecular flexibility index (Phi) is 5.24. The fourth-order valence-electron chi connectivity index (χ4n) is 2.78. The SMILES string of the molecule is O=C(c1cc(Cl)c[nH]1)N1CCN(S(=O)(=O)c2cccc(C(F)(F)F)c2)CC1. The van der Waals surface area contributed by atoms with Crippen molar-refractivity contribution >= 4 is 27.5 Å². The topological polar surface area (TPSA) is 73.5 Å². The molecule has 1 fully saturated rings. The zero-order valence-corrected chi connectivity index (χ0v) is 15.4. The maximum atomic E-state index is 12.8. The molecule has 27 heavy (non-hydrogen) atoms. The van der Waals surface area contributed by atoms with Crippen molar-refractivity contribution in [2.75, 3.05) is 26.2 Å². The second-order valence-electron chi connectivity index (χ2n) is 5.95. The number of aromatic nitrogens is 1. The van der Waals surface area contributed by atoms with E-state index in [0.29, 0.717) is 11.1 Å². The van der Waals surface area contributed by atoms with Gasteiger partial charge in [-0.2, -0.15) is 17.5 Å². The van der Waals surface area contributed by atoms with Crippen LogP contribution < -0.4 is 0 Å². The summed E-state index contributed by atoms with van der Waals surface area (Å²) in [5, 5.41) is 0.379. The van der Waals surface area contributed by atoms with E-state index < -0.39 is 26.7 Å². The largest absolute Gasteiger partial charge is 0.416 e. The van der Waals surface area contributed by atoms with E-state index in [1.165, 1.54) is 17.2 Å². The molecule has 0 atom stereocenters. The second-order valence-corrected chi connectivity index (χ2v) is 8.33. The molecule has 0 unspecified atom stereocenters. The molecular weight excluding hydrogens is 407 g/mol. The molecule has 0 aliphatic carbocycles. The minimum Gasteiger partial charge on any atom is -0.356 e. The molecule has 2 heterocycles. The predicted octanol–water partition coefficient (Wildman–Crippen LogP) is 2.83. The second kappa shape index (κ2) is 7.17. The summed E-state index contributed by atoms with van der Waals surface area (Å²) in [6.07, 6.45) is -3.17. The highest BCUT2D eigenvalue weighted by Gasteiger charge is 2.34. The lowest BCUT2D eigenvalue weighted by atomic mass is 10.2. The Morgan fingerprint density at radius 2 is 1.78 bits per heavy atom. The van der Waals surface area contributed by atoms with Gasteiger partial charge >= 0.3 is 6.18 Å². The molecule has 11 heteroatoms. The average molecular weight is 422 g/mol. The van der Waals surface area contributed by atoms with Gasteiger partial charge in [-0.15, -0.1) is 0 Å². The third-order valence-corrected chi connectivity index (χ3v) is 6.32. The highest BCUT2D eigenvalue weighted by Crippen LogP contribution is 2.31. The van der Waals surface area contributed by atoms with Crippen LogP contribution in [0, 0.1) is 0 Å². The van der Waals surface area contributed by atoms with Gasteiger partial charge in [0.2, 0.25) is 10.0 Å². The number of amides is 1. The zero-order valence-electron chi connectivity index (χ0n) is 13.8. The van der Waals surface area contributed by atoms with Crippen molar-refractivity contribution in [2.24, 2.45) is 0 Å². The molecule has 1 aliphatic rings. The number of aromatic amines is 1. The minimum atomic E-state index is -4.63. The third kappa shape index (κ3) is 4.12. The monoisotopic (exact) mass is 421 g/mol. The summed E-state index contributed by atoms with van der Waals surface area (Å²) in [5.74, 6) is -0.321. The molecule has 1 saturated heterocycles. The van der Waals surface area contributed by atoms with Crippen molar-refractivity contribution in [3.63, 3.8) is 0 Å². The Balaban J connectivity index is 1.72. The number of sulfonamides is 1. The molecule has 1 aliphatic heterocycles. The molecule has 2 aromatic rings. The van der Waals surface area contributed by atoms with Crippen molar-refractivity contribution in [3.8, 4) is 0 Å². The summed E-state index contributed by atoms with van der Waals surface area (Å²) >= 11 is 5.77. The predicted molar refractivity (Wildman–Crippen MR) is 91.9 cm³/mol. The van der Waals surface area contributed by atoms with Crippen LogP contribution in [0.1, 0.15) is 16.1 Å². The van der Waals surface area contributed by atoms with Crippen molar-refractivity contribution in [1.82, 2.24) is 14.2 Å². The van der Waals surface area contributed by atoms with Gasteiger partial charge < -0.3 is 9.88 Å². The first-order valence-corrected chi connectivity index (χ1v) is 9.71. The van der Waals surface area contributed by atoms with Gasteiger partial charge in [0.15, 0.2) is 0 Å². The van der Waals surface area contributed by atoms with Crippen LogP contribution >= 0.6 is 11.6 Å². The van der Waals surface area contributed by atoms with E-state index in [1.807, 2.05) is 0 Å². The molecular formula is C16H15ClF3N3O3S. The molecule has 0 saturated carbocycles. The Morgan fingerprint density at radius 1 is 1.11 bits per heavy atom. The van der Waals surface area contributed by atoms with Crippen LogP contribution in [0.3, 0.4) is 0 Å². The van der Waals surface area contributed by atoms with E-state index >= 15 is 0 Å². The van der Waals surface area contributed by atoms with Crippen LogP contribution in [-0.4, -0.2) is 54.7 Å². The van der Waals surface area contributed by atoms with E-state index in [4.69, 9.17) is 11.6 Å². The number of nitrogens with zero attached hydrogens (tertiary/aromatic N) is 2. The fraction of sp³-hybridized carbons (Fsp3) is 0.312. The van der Waals surface area contributed by atoms with Crippen LogP contribution in [0.5, 0.6) is 0 Å². The van der Waals surface area contributed by atoms with E-state index in [0.717, 1.165) is 22.5 Å². The smallest absolute Gasteiger partial charge is 0.356 e. The van der Waals surface area contributed by atoms with Gasteiger partial charge in [-0.25, -0.2) is 8.42 Å². The van der Waals surface area contributed by atoms with E-state index in [9.17, 15) is 26.4 Å². The summed E-state index contributed by atoms with van der Waals surface area (Å²) in [6.45, 7) is 0.207. The Bertz CT molecular complexity index is 951. The van der Waals surface area contributed by atoms with Gasteiger partial charge in [-0.05, 0) is 24.3 Å². The van der Waals surface area contributed by atoms with E-state index in [-0.39, 0.29) is 37.8 Å². The Labute approximate surface area is 158 Å². The fourth-order valence-corrected chi connectivity index (χ4v) is 4.41. The first kappa shape index (κ1) is 19.7. The van der Waals surface area contributed by atoms with Crippen molar-refractivity contribution < 1.29 is 26.4 Å². The normalized spacial score (nSPS) is 16.5. The van der Waals surface area contributed by atoms with Gasteiger partial charge in [0.05, 0.1) is 15.5 Å². The number of H-pyrrole nitrogens is 1. The number of nitrogens with one attached hydrogen (secondary N) is 1. The quantitative estimate of drug-likeness (QED) is 0.828. The first-order chi connectivity index (χ1) is 12.6. The van der Waals surface area contributed by atoms with E-state index in [1.54, 1.807) is 0 Å². The molecule has 0 bridgehead atoms. The summed E-state index contributed by atoms with van der Waals surface area (Å²) in [5.41, 5.74) is -0.741. The van der Waals surface area contributed by atoms with Crippen molar-refractivity contribution in [3.05, 3.63) is 52.8 Å². The summed E-state index contributed by atoms with van der Waals surface area (Å²) in [7, 11) is -4.09. The van der Waals surface area contributed by atoms with Crippen LogP contribution in [-0.2, 0) is 16.2 Å². The van der Waals surface area contributed by atoms with Crippen LogP contribution in [0.4, 0.5) is 13.2 Å². The standard InChI is InChI=1S/C16H15ClF3N3O3S/c17-12-9-14(21-10-12)15(24)22-4-6-23(7-5-22)27(25,26)13-3-1-2-11(8-13)16(18,19)20/h1-3,8-10,21H,4-7H2. The highest BCUT2D eigenvalue weighted by atomic mass is 35.5. The van der Waals surface area contributed by atoms with Gasteiger partial charge in [0.25, 0.3) is 5.91 Å². The lowest BCUT2D eigenvalue weighted by molar-refractivity contribution is -0.137. The highest BCUT2D eigenvalue weighted by molar-refractivity contribution is 7.89. The van der Waals surface area contributed by atoms with Crippen molar-refractivity contribution in [1.29, 1.82) is 0 Å². The number of hydrogen-bond donors (Lipinski definition) is 1. The lowest BCUT2D eigenvalue weighted by Crippen LogP contribution is -2.50. The summed E-state index contributed by atoms with van der Waals surface area (Å²) in [4.78, 5) is 16.1. The molecule has 1 aromatic carbocycles. The molecule has 0 radical (unpaired) electrons. The summed E-state index contributed by atoms with van der Waals surface area (Å²) < 4.78 is 64.9. The third-order valence-electron chi connectivity index (χ3n) is 4.20. The number of rotatable bonds is 3. The molecule has 1 amide bonds. The van der Waals surface area contributed by atoms with Crippen LogP contribution in [0.15, 0.2) is 41.4 Å². The van der Waals surface area contributed by atoms with E-state index in [2.05, 4.69) is 4.98 Å². The number of benzene rings is 1. The molecule has 0 spiro atoms. The lowest BCUT2D eigenvalue weighted by Gasteiger charge is -2.33. The summed E-state index contributed by atoms with van der Waals surface area (Å²) in [6, 6.07) is 5.09. The molecule has 1 N–H and O–H groups in total. The van der Waals surface area contributed by atoms with Gasteiger partial charge in [-0.3, -0.25) is 4.79 Å². The Hall–Kier alpha value is -2.04. The number of carbonyl (C=O) groups excluding carboxylic acids is 1. The first-order valence-electron chi connectivity index (χ1n) is 7.89. The maximum Gasteiger partial charge on any atom is 0.416 e. The average Bonchev–Trinajstić information content (AvgIpc) is 3.07. The molecule has 146 valence electrons. The minimum absolute atomic E-state index is 0.0151. The van der Waals surface area contributed by atoms with Crippen molar-refractivity contribution in [2.45, 2.75) is 11.1 Å². The van der Waals surface area contributed by atoms with Gasteiger partial charge in [0.1, 0.15) is 5.69 Å². The Morgan fingerprint density at radius 3 is 2.33 bits per heavy atom. The molecule has 3 rings (SSSR count). The number of alkyl halides is 3. The number of carbonyl (C=O) groups is 1. The van der Waals surface area contributed by atoms with Crippen LogP contribution in [0.25, 0.3) is 0 Å². The number of hydrogen-bond acceptors (Lipinski definition) is 3. The zero-order chi connectivity index (χ0) is 19.8. The maximum absolute atomic E-state index is 12.8. The van der Waals surface area contributed by atoms with Gasteiger partial charge in [0, 0.05) is 32.4 Å². The number of piperazine rings is 1. The molecule has 6 nitrogen and oxygen atoms in total. The number of halogens is 4. The van der Waals surface area contributed by atoms with Crippen LogP contribution in [0.2, 0.25) is 5.02 Å².